The fraction of sp³-hybridized carbons (Fsp3) is 0.615. The van der Waals surface area contributed by atoms with Crippen molar-refractivity contribution in [3.8, 4) is 0 Å². The van der Waals surface area contributed by atoms with Crippen LogP contribution in [-0.2, 0) is 30.1 Å². The molecule has 6 rings (SSSR count). The van der Waals surface area contributed by atoms with Gasteiger partial charge in [-0.25, -0.2) is 28.7 Å². The number of hydrogen-bond acceptors (Lipinski definition) is 13. The molecule has 0 radical (unpaired) electrons. The molecule has 2 aliphatic heterocycles. The van der Waals surface area contributed by atoms with Gasteiger partial charge in [0.25, 0.3) is 0 Å². The van der Waals surface area contributed by atoms with Crippen molar-refractivity contribution < 1.29 is 32.8 Å². The number of rotatable bonds is 12. The number of aromatic nitrogens is 4. The van der Waals surface area contributed by atoms with E-state index >= 15 is 0 Å². The Morgan fingerprint density at radius 3 is 1.81 bits per heavy atom. The Balaban J connectivity index is 1.13. The summed E-state index contributed by atoms with van der Waals surface area (Å²) in [7, 11) is 12.4. The molecule has 0 bridgehead atoms. The van der Waals surface area contributed by atoms with E-state index in [1.165, 1.54) is 12.7 Å². The third kappa shape index (κ3) is 6.02. The van der Waals surface area contributed by atoms with Crippen LogP contribution in [0, 0.1) is 0 Å². The third-order valence-corrected chi connectivity index (χ3v) is 10.4. The van der Waals surface area contributed by atoms with Crippen LogP contribution in [-0.4, -0.2) is 139 Å². The summed E-state index contributed by atoms with van der Waals surface area (Å²) in [6.45, 7) is 3.93. The second-order valence-corrected chi connectivity index (χ2v) is 14.4. The molecule has 47 heavy (non-hydrogen) atoms. The molecule has 2 saturated heterocycles. The van der Waals surface area contributed by atoms with Crippen molar-refractivity contribution >= 4 is 58.7 Å². The molecule has 2 aliphatic carbocycles. The van der Waals surface area contributed by atoms with Gasteiger partial charge in [0.05, 0.1) is 41.8 Å². The molecule has 0 saturated carbocycles. The lowest BCUT2D eigenvalue weighted by atomic mass is 9.44. The van der Waals surface area contributed by atoms with Crippen molar-refractivity contribution in [1.82, 2.24) is 19.9 Å². The Morgan fingerprint density at radius 2 is 1.38 bits per heavy atom. The van der Waals surface area contributed by atoms with E-state index in [1.807, 2.05) is 13.8 Å². The molecule has 21 heteroatoms. The van der Waals surface area contributed by atoms with E-state index < -0.39 is 65.0 Å². The van der Waals surface area contributed by atoms with Gasteiger partial charge in [-0.15, -0.1) is 10.9 Å². The zero-order valence-corrected chi connectivity index (χ0v) is 28.1. The van der Waals surface area contributed by atoms with Crippen LogP contribution in [0.5, 0.6) is 0 Å². The summed E-state index contributed by atoms with van der Waals surface area (Å²) in [5.41, 5.74) is 14.9. The number of aliphatic hydroxyl groups excluding tert-OH is 1. The highest BCUT2D eigenvalue weighted by Gasteiger charge is 2.56. The lowest BCUT2D eigenvalue weighted by Gasteiger charge is -2.37. The number of alkyl halides is 2. The van der Waals surface area contributed by atoms with Gasteiger partial charge in [-0.05, 0) is 24.5 Å². The van der Waals surface area contributed by atoms with Gasteiger partial charge in [0, 0.05) is 6.42 Å². The van der Waals surface area contributed by atoms with E-state index in [2.05, 4.69) is 77.6 Å². The smallest absolute Gasteiger partial charge is 0.168 e. The lowest BCUT2D eigenvalue weighted by Crippen LogP contribution is -2.49. The molecular weight excluding hydrogens is 607 g/mol. The second-order valence-electron chi connectivity index (χ2n) is 14.4. The molecule has 4 aliphatic rings. The second kappa shape index (κ2) is 11.8. The minimum atomic E-state index is -1.67. The summed E-state index contributed by atoms with van der Waals surface area (Å²) in [6.07, 6.45) is -4.47. The summed E-state index contributed by atoms with van der Waals surface area (Å²) < 4.78 is 51.0. The molecule has 2 aromatic heterocycles. The largest absolute Gasteiger partial charge is 0.387 e. The van der Waals surface area contributed by atoms with Crippen molar-refractivity contribution in [1.29, 1.82) is 0 Å². The maximum atomic E-state index is 14.0. The lowest BCUT2D eigenvalue weighted by molar-refractivity contribution is -0.0744. The maximum absolute atomic E-state index is 14.0. The van der Waals surface area contributed by atoms with Gasteiger partial charge >= 0.3 is 0 Å². The Hall–Kier alpha value is -2.53. The Kier molecular flexibility index (Phi) is 8.63. The van der Waals surface area contributed by atoms with Gasteiger partial charge in [-0.1, -0.05) is 0 Å². The van der Waals surface area contributed by atoms with Crippen LogP contribution >= 0.6 is 0 Å². The molecule has 0 amide bonds. The van der Waals surface area contributed by atoms with Crippen LogP contribution < -0.4 is 22.1 Å². The van der Waals surface area contributed by atoms with Crippen molar-refractivity contribution in [2.45, 2.75) is 85.3 Å². The maximum Gasteiger partial charge on any atom is 0.168 e. The number of ether oxygens (including phenoxy) is 4. The van der Waals surface area contributed by atoms with E-state index in [1.54, 1.807) is 0 Å². The summed E-state index contributed by atoms with van der Waals surface area (Å²) in [5, 5.41) is 16.2. The standard InChI is InChI=1S/C26H40B6F2N8O5/c1-23(44-4-8-3-9(33)19(35)46-8)11-17(23)37-6-39-21(11)41-25(29,30)15(27)16(28)26(31,32)42-22-12-18(38-7-40-22)24(12,2)45-5-10-14(43)13(34)20(36)47-10/h6-10,13-14,19-20,43H,3-5,27-32,35-36H2,1-2H3,(H,37,39,41)(H,38,40,42)/b16-15+/t8-,9+,10+,13+,14+,19+,20+,23?,24?/m0/s1. The number of aliphatic hydroxyl groups is 1. The number of nitrogens with zero attached hydrogens (tertiary/aromatic N) is 4. The SMILES string of the molecule is B/C(=C(/B)C(B)(B)Nc1ncnc2c1C2(C)OC[C@H]1O[C@@H](N)[C@H](F)[C@@H]1O)C(B)(B)Nc1ncnc2c1C2(C)OC[C@@H]1C[C@@H](F)[C@H](N)O1. The topological polar surface area (TPSA) is 185 Å². The average molecular weight is 648 g/mol. The van der Waals surface area contributed by atoms with E-state index in [9.17, 15) is 13.9 Å². The van der Waals surface area contributed by atoms with Crippen molar-refractivity contribution in [3.05, 3.63) is 46.1 Å². The molecule has 2 unspecified atom stereocenters. The Labute approximate surface area is 277 Å². The van der Waals surface area contributed by atoms with Gasteiger partial charge in [0.15, 0.2) is 6.17 Å². The first-order valence-corrected chi connectivity index (χ1v) is 15.9. The van der Waals surface area contributed by atoms with Gasteiger partial charge in [0.2, 0.25) is 0 Å². The minimum Gasteiger partial charge on any atom is -0.387 e. The zero-order valence-electron chi connectivity index (χ0n) is 28.1. The highest BCUT2D eigenvalue weighted by molar-refractivity contribution is 6.55. The quantitative estimate of drug-likeness (QED) is 0.137. The van der Waals surface area contributed by atoms with E-state index in [-0.39, 0.29) is 19.6 Å². The number of nitrogens with two attached hydrogens (primary N) is 2. The molecule has 246 valence electrons. The molecule has 7 N–H and O–H groups in total. The molecule has 2 aromatic rings. The van der Waals surface area contributed by atoms with Crippen LogP contribution in [0.15, 0.2) is 23.6 Å². The van der Waals surface area contributed by atoms with Gasteiger partial charge in [0.1, 0.15) is 113 Å². The van der Waals surface area contributed by atoms with Gasteiger partial charge < -0.3 is 46.2 Å². The average Bonchev–Trinajstić information content (AvgIpc) is 3.74. The highest BCUT2D eigenvalue weighted by atomic mass is 19.1. The number of anilines is 2. The first-order chi connectivity index (χ1) is 21.9. The number of halogens is 2. The Morgan fingerprint density at radius 1 is 0.894 bits per heavy atom. The van der Waals surface area contributed by atoms with E-state index in [4.69, 9.17) is 30.4 Å². The summed E-state index contributed by atoms with van der Waals surface area (Å²) in [4.78, 5) is 17.9. The molecule has 2 fully saturated rings. The first-order valence-electron chi connectivity index (χ1n) is 15.9. The minimum absolute atomic E-state index is 0.0552. The van der Waals surface area contributed by atoms with Crippen LogP contribution in [0.1, 0.15) is 42.8 Å². The van der Waals surface area contributed by atoms with Crippen LogP contribution in [0.4, 0.5) is 20.4 Å². The van der Waals surface area contributed by atoms with Crippen LogP contribution in [0.3, 0.4) is 0 Å². The summed E-state index contributed by atoms with van der Waals surface area (Å²) >= 11 is 0. The molecule has 0 spiro atoms. The van der Waals surface area contributed by atoms with Crippen molar-refractivity contribution in [3.63, 3.8) is 0 Å². The molecule has 0 aromatic carbocycles. The fourth-order valence-electron chi connectivity index (χ4n) is 6.60. The molecule has 9 atom stereocenters. The predicted molar refractivity (Wildman–Crippen MR) is 186 cm³/mol. The third-order valence-electron chi connectivity index (χ3n) is 10.4. The molecular formula is C26H40B6F2N8O5. The number of fused-ring (bicyclic) bond motifs is 2. The summed E-state index contributed by atoms with van der Waals surface area (Å²) in [5.74, 6) is 1.28. The van der Waals surface area contributed by atoms with Crippen LogP contribution in [0.25, 0.3) is 0 Å². The van der Waals surface area contributed by atoms with Crippen LogP contribution in [0.2, 0.25) is 0 Å². The Bertz CT molecular complexity index is 1590. The van der Waals surface area contributed by atoms with Gasteiger partial charge in [-0.2, -0.15) is 0 Å². The number of hydrogen-bond donors (Lipinski definition) is 5. The monoisotopic (exact) mass is 648 g/mol. The van der Waals surface area contributed by atoms with E-state index in [0.717, 1.165) is 27.8 Å². The normalized spacial score (nSPS) is 34.7. The zero-order chi connectivity index (χ0) is 34.3. The predicted octanol–water partition coefficient (Wildman–Crippen LogP) is -5.91. The highest BCUT2D eigenvalue weighted by Crippen LogP contribution is 2.54. The van der Waals surface area contributed by atoms with Crippen molar-refractivity contribution in [2.75, 3.05) is 23.8 Å². The van der Waals surface area contributed by atoms with Crippen molar-refractivity contribution in [2.24, 2.45) is 11.5 Å². The molecule has 4 heterocycles. The summed E-state index contributed by atoms with van der Waals surface area (Å²) in [6, 6.07) is 0. The molecule has 13 nitrogen and oxygen atoms in total. The fourth-order valence-corrected chi connectivity index (χ4v) is 6.60. The van der Waals surface area contributed by atoms with Gasteiger partial charge in [-0.3, -0.25) is 0 Å². The number of nitrogens with one attached hydrogen (secondary N) is 2. The van der Waals surface area contributed by atoms with E-state index in [0.29, 0.717) is 17.3 Å². The first kappa shape index (κ1) is 34.3.